The lowest BCUT2D eigenvalue weighted by atomic mass is 10.9. The third-order valence-corrected chi connectivity index (χ3v) is 0.393. The molecule has 7 heavy (non-hydrogen) atoms. The molecular weight excluding hydrogens is 96.0 g/mol. The third kappa shape index (κ3) is 3.05. The number of amides is 1. The van der Waals surface area contributed by atoms with Crippen LogP contribution in [-0.2, 0) is 4.74 Å². The molecule has 0 saturated carbocycles. The fraction of sp³-hybridized carbons (Fsp3) is 0.667. The standard InChI is InChI=1S/C3H8N2O2/c1-2-7-3(6)5-4/h2,4H2,1H3,(H,5,6)/p+1. The summed E-state index contributed by atoms with van der Waals surface area (Å²) in [6.45, 7) is 2.05. The Morgan fingerprint density at radius 1 is 2.14 bits per heavy atom. The van der Waals surface area contributed by atoms with Gasteiger partial charge in [-0.2, -0.15) is 0 Å². The summed E-state index contributed by atoms with van der Waals surface area (Å²) in [6, 6.07) is 0. The summed E-state index contributed by atoms with van der Waals surface area (Å²) in [5.41, 5.74) is 1.80. The summed E-state index contributed by atoms with van der Waals surface area (Å²) in [5, 5.41) is 0. The molecule has 0 aromatic rings. The molecule has 0 heterocycles. The molecule has 0 aliphatic rings. The Bertz CT molecular complexity index is 68.3. The second-order valence-electron chi connectivity index (χ2n) is 0.865. The Labute approximate surface area is 43.1 Å². The van der Waals surface area contributed by atoms with Crippen LogP contribution in [0.2, 0.25) is 0 Å². The molecule has 0 fully saturated rings. The third-order valence-electron chi connectivity index (χ3n) is 0.393. The molecule has 4 heteroatoms. The van der Waals surface area contributed by atoms with Gasteiger partial charge in [-0.3, -0.25) is 5.43 Å². The first-order chi connectivity index (χ1) is 3.31. The Morgan fingerprint density at radius 3 is 2.86 bits per heavy atom. The number of carbonyl (C=O) groups excluding carboxylic acids is 1. The Morgan fingerprint density at radius 2 is 2.71 bits per heavy atom. The molecule has 0 aromatic carbocycles. The van der Waals surface area contributed by atoms with Crippen LogP contribution in [0, 0.1) is 0 Å². The van der Waals surface area contributed by atoms with E-state index in [4.69, 9.17) is 0 Å². The van der Waals surface area contributed by atoms with Crippen molar-refractivity contribution in [2.45, 2.75) is 6.92 Å². The van der Waals surface area contributed by atoms with Gasteiger partial charge in [0, 0.05) is 0 Å². The van der Waals surface area contributed by atoms with Gasteiger partial charge in [0.25, 0.3) is 0 Å². The summed E-state index contributed by atoms with van der Waals surface area (Å²) in [6.07, 6.45) is -0.595. The predicted octanol–water partition coefficient (Wildman–Crippen LogP) is -0.281. The maximum absolute atomic E-state index is 9.95. The molecule has 0 spiro atoms. The minimum Gasteiger partial charge on any atom is -0.449 e. The van der Waals surface area contributed by atoms with E-state index in [1.54, 1.807) is 12.3 Å². The maximum atomic E-state index is 9.95. The van der Waals surface area contributed by atoms with Crippen molar-refractivity contribution in [3.63, 3.8) is 0 Å². The monoisotopic (exact) mass is 105 g/mol. The van der Waals surface area contributed by atoms with E-state index in [2.05, 4.69) is 10.6 Å². The molecule has 42 valence electrons. The second kappa shape index (κ2) is 3.42. The van der Waals surface area contributed by atoms with E-state index in [0.29, 0.717) is 6.61 Å². The SMILES string of the molecule is CCOC(=O)NN.[H+]. The molecular formula is C3H9N2O2+. The number of nitrogens with one attached hydrogen (secondary N) is 1. The van der Waals surface area contributed by atoms with Crippen molar-refractivity contribution in [2.24, 2.45) is 5.84 Å². The largest absolute Gasteiger partial charge is 1.00 e. The number of hydrazine groups is 1. The lowest BCUT2D eigenvalue weighted by Crippen LogP contribution is -2.30. The average Bonchev–Trinajstić information content (AvgIpc) is 1.68. The van der Waals surface area contributed by atoms with E-state index in [-0.39, 0.29) is 1.43 Å². The van der Waals surface area contributed by atoms with Gasteiger partial charge in [0.2, 0.25) is 0 Å². The summed E-state index contributed by atoms with van der Waals surface area (Å²) < 4.78 is 4.32. The van der Waals surface area contributed by atoms with Crippen molar-refractivity contribution >= 4 is 6.09 Å². The highest BCUT2D eigenvalue weighted by molar-refractivity contribution is 5.66. The van der Waals surface area contributed by atoms with Crippen LogP contribution in [0.3, 0.4) is 0 Å². The molecule has 0 aromatic heterocycles. The fourth-order valence-electron chi connectivity index (χ4n) is 0.173. The molecule has 0 aliphatic carbocycles. The molecule has 0 radical (unpaired) electrons. The fourth-order valence-corrected chi connectivity index (χ4v) is 0.173. The predicted molar refractivity (Wildman–Crippen MR) is 25.5 cm³/mol. The highest BCUT2D eigenvalue weighted by Crippen LogP contribution is 1.69. The van der Waals surface area contributed by atoms with Gasteiger partial charge in [0.15, 0.2) is 0 Å². The van der Waals surface area contributed by atoms with Gasteiger partial charge in [-0.05, 0) is 6.92 Å². The zero-order valence-corrected chi connectivity index (χ0v) is 4.10. The van der Waals surface area contributed by atoms with Crippen LogP contribution in [0.5, 0.6) is 0 Å². The second-order valence-corrected chi connectivity index (χ2v) is 0.865. The Hall–Kier alpha value is -0.770. The quantitative estimate of drug-likeness (QED) is 0.274. The molecule has 4 nitrogen and oxygen atoms in total. The molecule has 0 rings (SSSR count). The summed E-state index contributed by atoms with van der Waals surface area (Å²) in [5.74, 6) is 4.63. The summed E-state index contributed by atoms with van der Waals surface area (Å²) in [7, 11) is 0. The number of nitrogens with two attached hydrogens (primary N) is 1. The van der Waals surface area contributed by atoms with Crippen LogP contribution in [0.15, 0.2) is 0 Å². The van der Waals surface area contributed by atoms with Crippen molar-refractivity contribution in [3.05, 3.63) is 0 Å². The summed E-state index contributed by atoms with van der Waals surface area (Å²) in [4.78, 5) is 9.95. The molecule has 3 N–H and O–H groups in total. The molecule has 0 atom stereocenters. The van der Waals surface area contributed by atoms with Crippen LogP contribution in [-0.4, -0.2) is 12.7 Å². The first kappa shape index (κ1) is 6.23. The number of hydrogen-bond acceptors (Lipinski definition) is 3. The molecule has 0 bridgehead atoms. The molecule has 0 saturated heterocycles. The van der Waals surface area contributed by atoms with Crippen LogP contribution in [0.4, 0.5) is 4.79 Å². The van der Waals surface area contributed by atoms with E-state index in [0.717, 1.165) is 0 Å². The van der Waals surface area contributed by atoms with Gasteiger partial charge in [-0.15, -0.1) is 0 Å². The normalized spacial score (nSPS) is 7.71. The van der Waals surface area contributed by atoms with Gasteiger partial charge in [0.05, 0.1) is 6.61 Å². The van der Waals surface area contributed by atoms with Crippen LogP contribution in [0.25, 0.3) is 0 Å². The zero-order chi connectivity index (χ0) is 5.70. The first-order valence-corrected chi connectivity index (χ1v) is 1.94. The van der Waals surface area contributed by atoms with Gasteiger partial charge in [-0.1, -0.05) is 0 Å². The van der Waals surface area contributed by atoms with Gasteiger partial charge < -0.3 is 4.74 Å². The van der Waals surface area contributed by atoms with Crippen LogP contribution < -0.4 is 11.3 Å². The van der Waals surface area contributed by atoms with Crippen LogP contribution >= 0.6 is 0 Å². The van der Waals surface area contributed by atoms with Crippen molar-refractivity contribution in [1.82, 2.24) is 5.43 Å². The Kier molecular flexibility index (Phi) is 3.04. The van der Waals surface area contributed by atoms with Gasteiger partial charge >= 0.3 is 7.52 Å². The van der Waals surface area contributed by atoms with Gasteiger partial charge in [0.1, 0.15) is 0 Å². The topological polar surface area (TPSA) is 64.3 Å². The lowest BCUT2D eigenvalue weighted by Gasteiger charge is -1.95. The lowest BCUT2D eigenvalue weighted by molar-refractivity contribution is 0.152. The van der Waals surface area contributed by atoms with Crippen molar-refractivity contribution in [3.8, 4) is 0 Å². The van der Waals surface area contributed by atoms with E-state index in [1.165, 1.54) is 0 Å². The van der Waals surface area contributed by atoms with E-state index in [9.17, 15) is 4.79 Å². The van der Waals surface area contributed by atoms with E-state index >= 15 is 0 Å². The smallest absolute Gasteiger partial charge is 0.449 e. The minimum atomic E-state index is -0.595. The molecule has 0 unspecified atom stereocenters. The van der Waals surface area contributed by atoms with Gasteiger partial charge in [-0.25, -0.2) is 10.6 Å². The van der Waals surface area contributed by atoms with Crippen LogP contribution in [0.1, 0.15) is 8.35 Å². The average molecular weight is 105 g/mol. The van der Waals surface area contributed by atoms with Crippen molar-refractivity contribution < 1.29 is 11.0 Å². The van der Waals surface area contributed by atoms with E-state index < -0.39 is 6.09 Å². The number of hydrogen-bond donors (Lipinski definition) is 2. The van der Waals surface area contributed by atoms with Crippen molar-refractivity contribution in [1.29, 1.82) is 0 Å². The number of ether oxygens (including phenoxy) is 1. The molecule has 1 amide bonds. The minimum absolute atomic E-state index is 0. The Balaban J connectivity index is 0. The van der Waals surface area contributed by atoms with E-state index in [1.807, 2.05) is 0 Å². The summed E-state index contributed by atoms with van der Waals surface area (Å²) >= 11 is 0. The number of rotatable bonds is 1. The first-order valence-electron chi connectivity index (χ1n) is 1.94. The number of carbonyl (C=O) groups is 1. The highest BCUT2D eigenvalue weighted by atomic mass is 16.5. The molecule has 0 aliphatic heterocycles. The maximum Gasteiger partial charge on any atom is 1.00 e. The zero-order valence-electron chi connectivity index (χ0n) is 5.10. The highest BCUT2D eigenvalue weighted by Gasteiger charge is 1.89. The van der Waals surface area contributed by atoms with Crippen molar-refractivity contribution in [2.75, 3.05) is 6.61 Å².